The lowest BCUT2D eigenvalue weighted by Crippen LogP contribution is -2.35. The highest BCUT2D eigenvalue weighted by molar-refractivity contribution is 7.15. The van der Waals surface area contributed by atoms with Crippen molar-refractivity contribution in [3.63, 3.8) is 0 Å². The van der Waals surface area contributed by atoms with E-state index in [-0.39, 0.29) is 12.0 Å². The van der Waals surface area contributed by atoms with Gasteiger partial charge in [0.05, 0.1) is 19.3 Å². The molecule has 0 aliphatic carbocycles. The molecule has 7 heteroatoms. The van der Waals surface area contributed by atoms with E-state index in [1.807, 2.05) is 25.1 Å². The third-order valence-electron chi connectivity index (χ3n) is 3.66. The third-order valence-corrected chi connectivity index (χ3v) is 4.66. The number of aryl methyl sites for hydroxylation is 1. The zero-order valence-electron chi connectivity index (χ0n) is 13.0. The van der Waals surface area contributed by atoms with Crippen molar-refractivity contribution in [1.82, 2.24) is 9.88 Å². The summed E-state index contributed by atoms with van der Waals surface area (Å²) in [6.07, 6.45) is 0.329. The molecule has 0 radical (unpaired) electrons. The Kier molecular flexibility index (Phi) is 4.29. The molecule has 0 unspecified atom stereocenters. The minimum atomic E-state index is -0.339. The molecule has 1 aromatic heterocycles. The Bertz CT molecular complexity index is 757. The van der Waals surface area contributed by atoms with E-state index in [0.717, 1.165) is 16.1 Å². The zero-order valence-corrected chi connectivity index (χ0v) is 13.8. The van der Waals surface area contributed by atoms with E-state index >= 15 is 0 Å². The fourth-order valence-electron chi connectivity index (χ4n) is 2.49. The summed E-state index contributed by atoms with van der Waals surface area (Å²) in [5.74, 6) is -0.176. The molecule has 0 spiro atoms. The smallest absolute Gasteiger partial charge is 0.409 e. The van der Waals surface area contributed by atoms with Crippen LogP contribution in [0.25, 0.3) is 0 Å². The first-order valence-electron chi connectivity index (χ1n) is 7.26. The first-order chi connectivity index (χ1) is 11.1. The van der Waals surface area contributed by atoms with Gasteiger partial charge in [0.2, 0.25) is 0 Å². The van der Waals surface area contributed by atoms with E-state index in [1.54, 1.807) is 11.0 Å². The Labute approximate surface area is 138 Å². The first kappa shape index (κ1) is 15.5. The summed E-state index contributed by atoms with van der Waals surface area (Å²) >= 11 is 1.40. The minimum absolute atomic E-state index is 0.176. The number of anilines is 1. The molecule has 1 aliphatic rings. The van der Waals surface area contributed by atoms with Crippen molar-refractivity contribution in [2.24, 2.45) is 0 Å². The fourth-order valence-corrected chi connectivity index (χ4v) is 3.51. The summed E-state index contributed by atoms with van der Waals surface area (Å²) in [4.78, 5) is 31.0. The summed E-state index contributed by atoms with van der Waals surface area (Å²) < 4.78 is 4.75. The quantitative estimate of drug-likeness (QED) is 0.918. The summed E-state index contributed by atoms with van der Waals surface area (Å²) in [7, 11) is 1.37. The van der Waals surface area contributed by atoms with Gasteiger partial charge in [0.15, 0.2) is 5.13 Å². The first-order valence-corrected chi connectivity index (χ1v) is 8.08. The standard InChI is InChI=1S/C16H17N3O3S/c1-10-4-3-5-11(8-10)14(20)18-15-17-12-6-7-19(16(21)22-2)9-13(12)23-15/h3-5,8H,6-7,9H2,1-2H3,(H,17,18,20). The van der Waals surface area contributed by atoms with E-state index in [2.05, 4.69) is 10.3 Å². The Morgan fingerprint density at radius 3 is 2.96 bits per heavy atom. The summed E-state index contributed by atoms with van der Waals surface area (Å²) in [5, 5.41) is 3.40. The molecule has 0 bridgehead atoms. The van der Waals surface area contributed by atoms with Gasteiger partial charge >= 0.3 is 6.09 Å². The van der Waals surface area contributed by atoms with Gasteiger partial charge in [-0.1, -0.05) is 29.0 Å². The second-order valence-electron chi connectivity index (χ2n) is 5.35. The lowest BCUT2D eigenvalue weighted by Gasteiger charge is -2.24. The van der Waals surface area contributed by atoms with E-state index in [1.165, 1.54) is 18.4 Å². The lowest BCUT2D eigenvalue weighted by atomic mass is 10.1. The van der Waals surface area contributed by atoms with Crippen LogP contribution in [0, 0.1) is 6.92 Å². The van der Waals surface area contributed by atoms with Gasteiger partial charge in [0.25, 0.3) is 5.91 Å². The van der Waals surface area contributed by atoms with Crippen LogP contribution >= 0.6 is 11.3 Å². The number of methoxy groups -OCH3 is 1. The highest BCUT2D eigenvalue weighted by atomic mass is 32.1. The second-order valence-corrected chi connectivity index (χ2v) is 6.44. The molecule has 120 valence electrons. The van der Waals surface area contributed by atoms with Crippen LogP contribution in [0.5, 0.6) is 0 Å². The molecular weight excluding hydrogens is 314 g/mol. The molecule has 2 amide bonds. The molecule has 2 heterocycles. The average Bonchev–Trinajstić information content (AvgIpc) is 2.95. The molecule has 1 aromatic carbocycles. The van der Waals surface area contributed by atoms with Crippen molar-refractivity contribution < 1.29 is 14.3 Å². The van der Waals surface area contributed by atoms with Gasteiger partial charge in [-0.25, -0.2) is 9.78 Å². The number of hydrogen-bond acceptors (Lipinski definition) is 5. The molecule has 1 aliphatic heterocycles. The van der Waals surface area contributed by atoms with Crippen LogP contribution in [-0.2, 0) is 17.7 Å². The van der Waals surface area contributed by atoms with E-state index < -0.39 is 0 Å². The van der Waals surface area contributed by atoms with Gasteiger partial charge in [-0.15, -0.1) is 0 Å². The second kappa shape index (κ2) is 6.37. The predicted octanol–water partition coefficient (Wildman–Crippen LogP) is 2.83. The topological polar surface area (TPSA) is 71.5 Å². The largest absolute Gasteiger partial charge is 0.453 e. The maximum Gasteiger partial charge on any atom is 0.409 e. The van der Waals surface area contributed by atoms with Crippen molar-refractivity contribution in [3.05, 3.63) is 46.0 Å². The number of ether oxygens (including phenoxy) is 1. The average molecular weight is 331 g/mol. The van der Waals surface area contributed by atoms with Crippen LogP contribution < -0.4 is 5.32 Å². The Hall–Kier alpha value is -2.41. The van der Waals surface area contributed by atoms with Gasteiger partial charge in [0.1, 0.15) is 0 Å². The van der Waals surface area contributed by atoms with E-state index in [4.69, 9.17) is 4.74 Å². The van der Waals surface area contributed by atoms with Crippen molar-refractivity contribution in [2.45, 2.75) is 19.9 Å². The van der Waals surface area contributed by atoms with Gasteiger partial charge in [0, 0.05) is 23.4 Å². The number of amides is 2. The van der Waals surface area contributed by atoms with Crippen molar-refractivity contribution >= 4 is 28.5 Å². The summed E-state index contributed by atoms with van der Waals surface area (Å²) in [5.41, 5.74) is 2.58. The molecule has 3 rings (SSSR count). The molecule has 1 N–H and O–H groups in total. The molecular formula is C16H17N3O3S. The summed E-state index contributed by atoms with van der Waals surface area (Å²) in [6.45, 7) is 2.99. The highest BCUT2D eigenvalue weighted by Crippen LogP contribution is 2.28. The zero-order chi connectivity index (χ0) is 16.4. The predicted molar refractivity (Wildman–Crippen MR) is 87.8 cm³/mol. The number of nitrogens with one attached hydrogen (secondary N) is 1. The van der Waals surface area contributed by atoms with Gasteiger partial charge in [-0.3, -0.25) is 10.1 Å². The van der Waals surface area contributed by atoms with Crippen LogP contribution in [-0.4, -0.2) is 35.5 Å². The highest BCUT2D eigenvalue weighted by Gasteiger charge is 2.25. The van der Waals surface area contributed by atoms with Crippen molar-refractivity contribution in [2.75, 3.05) is 19.0 Å². The Morgan fingerprint density at radius 2 is 2.22 bits per heavy atom. The van der Waals surface area contributed by atoms with Crippen LogP contribution in [0.1, 0.15) is 26.5 Å². The monoisotopic (exact) mass is 331 g/mol. The number of benzene rings is 1. The van der Waals surface area contributed by atoms with Gasteiger partial charge in [-0.05, 0) is 19.1 Å². The normalized spacial score (nSPS) is 13.4. The van der Waals surface area contributed by atoms with E-state index in [0.29, 0.717) is 30.2 Å². The van der Waals surface area contributed by atoms with Gasteiger partial charge < -0.3 is 9.64 Å². The Balaban J connectivity index is 1.73. The molecule has 0 saturated carbocycles. The van der Waals surface area contributed by atoms with Crippen molar-refractivity contribution in [3.8, 4) is 0 Å². The summed E-state index contributed by atoms with van der Waals surface area (Å²) in [6, 6.07) is 7.41. The number of carbonyl (C=O) groups is 2. The lowest BCUT2D eigenvalue weighted by molar-refractivity contribution is 0.102. The van der Waals surface area contributed by atoms with Crippen LogP contribution in [0.2, 0.25) is 0 Å². The molecule has 6 nitrogen and oxygen atoms in total. The number of aromatic nitrogens is 1. The van der Waals surface area contributed by atoms with Crippen molar-refractivity contribution in [1.29, 1.82) is 0 Å². The molecule has 0 saturated heterocycles. The molecule has 0 atom stereocenters. The molecule has 2 aromatic rings. The number of thiazole rings is 1. The molecule has 23 heavy (non-hydrogen) atoms. The third kappa shape index (κ3) is 3.34. The SMILES string of the molecule is COC(=O)N1CCc2nc(NC(=O)c3cccc(C)c3)sc2C1. The fraction of sp³-hybridized carbons (Fsp3) is 0.312. The minimum Gasteiger partial charge on any atom is -0.453 e. The molecule has 0 fully saturated rings. The number of rotatable bonds is 2. The number of carbonyl (C=O) groups excluding carboxylic acids is 2. The van der Waals surface area contributed by atoms with E-state index in [9.17, 15) is 9.59 Å². The maximum absolute atomic E-state index is 12.3. The van der Waals surface area contributed by atoms with Crippen LogP contribution in [0.15, 0.2) is 24.3 Å². The van der Waals surface area contributed by atoms with Crippen LogP contribution in [0.3, 0.4) is 0 Å². The number of hydrogen-bond donors (Lipinski definition) is 1. The number of fused-ring (bicyclic) bond motifs is 1. The van der Waals surface area contributed by atoms with Gasteiger partial charge in [-0.2, -0.15) is 0 Å². The Morgan fingerprint density at radius 1 is 1.39 bits per heavy atom. The maximum atomic E-state index is 12.3. The number of nitrogens with zero attached hydrogens (tertiary/aromatic N) is 2. The van der Waals surface area contributed by atoms with Crippen LogP contribution in [0.4, 0.5) is 9.93 Å².